The number of fused-ring (bicyclic) bond motifs is 2. The molecule has 2 aliphatic heterocycles. The largest absolute Gasteiger partial charge is 0.466 e. The van der Waals surface area contributed by atoms with E-state index in [1.807, 2.05) is 30.3 Å². The monoisotopic (exact) mass is 360 g/mol. The lowest BCUT2D eigenvalue weighted by Crippen LogP contribution is -2.59. The summed E-state index contributed by atoms with van der Waals surface area (Å²) in [4.78, 5) is 36.8. The van der Waals surface area contributed by atoms with Crippen LogP contribution in [0, 0.1) is 5.41 Å². The highest BCUT2D eigenvalue weighted by Crippen LogP contribution is 2.43. The number of hydrogen-bond acceptors (Lipinski definition) is 7. The van der Waals surface area contributed by atoms with Crippen LogP contribution in [-0.2, 0) is 39.9 Å². The SMILES string of the molecule is COC(=O)[C@H](C)OC(=O)[C@@]12C=C[C@@H](C[C@H]1OCc1ccccc1)OC2=O. The van der Waals surface area contributed by atoms with Gasteiger partial charge in [-0.1, -0.05) is 36.4 Å². The summed E-state index contributed by atoms with van der Waals surface area (Å²) < 4.78 is 20.9. The fourth-order valence-corrected chi connectivity index (χ4v) is 3.09. The normalized spacial score (nSPS) is 27.5. The van der Waals surface area contributed by atoms with E-state index >= 15 is 0 Å². The molecule has 1 fully saturated rings. The van der Waals surface area contributed by atoms with Gasteiger partial charge < -0.3 is 18.9 Å². The van der Waals surface area contributed by atoms with E-state index in [4.69, 9.17) is 14.2 Å². The molecule has 138 valence electrons. The first-order chi connectivity index (χ1) is 12.5. The number of esters is 3. The van der Waals surface area contributed by atoms with Gasteiger partial charge >= 0.3 is 17.9 Å². The van der Waals surface area contributed by atoms with Crippen LogP contribution in [0.5, 0.6) is 0 Å². The number of carbonyl (C=O) groups excluding carboxylic acids is 3. The number of methoxy groups -OCH3 is 1. The van der Waals surface area contributed by atoms with Crippen LogP contribution < -0.4 is 0 Å². The van der Waals surface area contributed by atoms with Crippen LogP contribution in [-0.4, -0.2) is 43.3 Å². The third kappa shape index (κ3) is 3.22. The maximum atomic E-state index is 12.8. The van der Waals surface area contributed by atoms with Gasteiger partial charge in [-0.2, -0.15) is 0 Å². The minimum Gasteiger partial charge on any atom is -0.466 e. The predicted molar refractivity (Wildman–Crippen MR) is 88.7 cm³/mol. The summed E-state index contributed by atoms with van der Waals surface area (Å²) in [6.45, 7) is 1.62. The van der Waals surface area contributed by atoms with Gasteiger partial charge in [-0.15, -0.1) is 0 Å². The minimum absolute atomic E-state index is 0.237. The van der Waals surface area contributed by atoms with Gasteiger partial charge in [0.25, 0.3) is 0 Å². The van der Waals surface area contributed by atoms with Crippen LogP contribution >= 0.6 is 0 Å². The van der Waals surface area contributed by atoms with E-state index in [1.54, 1.807) is 6.08 Å². The number of benzene rings is 1. The Bertz CT molecular complexity index is 727. The summed E-state index contributed by atoms with van der Waals surface area (Å²) in [5.74, 6) is -2.32. The first-order valence-electron chi connectivity index (χ1n) is 8.32. The van der Waals surface area contributed by atoms with Crippen LogP contribution in [0.4, 0.5) is 0 Å². The van der Waals surface area contributed by atoms with Crippen molar-refractivity contribution in [1.29, 1.82) is 0 Å². The molecule has 1 saturated heterocycles. The second-order valence-electron chi connectivity index (χ2n) is 6.26. The van der Waals surface area contributed by atoms with Gasteiger partial charge in [0, 0.05) is 6.42 Å². The van der Waals surface area contributed by atoms with E-state index in [-0.39, 0.29) is 6.61 Å². The standard InChI is InChI=1S/C19H20O7/c1-12(16(20)23-2)25-17(21)19-9-8-14(26-18(19)22)10-15(19)24-11-13-6-4-3-5-7-13/h3-9,12,14-15H,10-11H2,1-2H3/t12-,14-,15+,19+/m0/s1. The molecule has 3 aliphatic rings. The molecule has 0 radical (unpaired) electrons. The number of ether oxygens (including phenoxy) is 4. The van der Waals surface area contributed by atoms with Crippen LogP contribution in [0.1, 0.15) is 18.9 Å². The summed E-state index contributed by atoms with van der Waals surface area (Å²) in [7, 11) is 1.19. The third-order valence-corrected chi connectivity index (χ3v) is 4.57. The summed E-state index contributed by atoms with van der Waals surface area (Å²) in [6, 6.07) is 9.42. The molecule has 1 aromatic rings. The minimum atomic E-state index is -1.72. The van der Waals surface area contributed by atoms with Crippen molar-refractivity contribution >= 4 is 17.9 Å². The lowest BCUT2D eigenvalue weighted by molar-refractivity contribution is -0.201. The lowest BCUT2D eigenvalue weighted by Gasteiger charge is -2.43. The Morgan fingerprint density at radius 1 is 1.31 bits per heavy atom. The zero-order valence-corrected chi connectivity index (χ0v) is 14.5. The molecule has 2 heterocycles. The van der Waals surface area contributed by atoms with Gasteiger partial charge in [-0.25, -0.2) is 4.79 Å². The summed E-state index contributed by atoms with van der Waals surface area (Å²) >= 11 is 0. The van der Waals surface area contributed by atoms with E-state index < -0.39 is 41.6 Å². The van der Waals surface area contributed by atoms with Gasteiger partial charge in [0.15, 0.2) is 6.10 Å². The molecule has 0 spiro atoms. The molecule has 0 aromatic heterocycles. The molecular weight excluding hydrogens is 340 g/mol. The van der Waals surface area contributed by atoms with E-state index in [0.29, 0.717) is 6.42 Å². The van der Waals surface area contributed by atoms with Crippen molar-refractivity contribution in [3.63, 3.8) is 0 Å². The Morgan fingerprint density at radius 2 is 2.04 bits per heavy atom. The summed E-state index contributed by atoms with van der Waals surface area (Å²) in [5.41, 5.74) is -0.802. The molecule has 4 rings (SSSR count). The van der Waals surface area contributed by atoms with E-state index in [2.05, 4.69) is 4.74 Å². The fourth-order valence-electron chi connectivity index (χ4n) is 3.09. The Balaban J connectivity index is 1.80. The second-order valence-corrected chi connectivity index (χ2v) is 6.26. The van der Waals surface area contributed by atoms with Crippen molar-refractivity contribution in [3.8, 4) is 0 Å². The Morgan fingerprint density at radius 3 is 2.69 bits per heavy atom. The summed E-state index contributed by atoms with van der Waals surface area (Å²) in [6.07, 6.45) is 1.14. The van der Waals surface area contributed by atoms with E-state index in [9.17, 15) is 14.4 Å². The van der Waals surface area contributed by atoms with Gasteiger partial charge in [0.05, 0.1) is 19.8 Å². The van der Waals surface area contributed by atoms with Gasteiger partial charge in [0.1, 0.15) is 6.10 Å². The molecule has 0 N–H and O–H groups in total. The maximum absolute atomic E-state index is 12.8. The summed E-state index contributed by atoms with van der Waals surface area (Å²) in [5, 5.41) is 0. The Kier molecular flexibility index (Phi) is 5.08. The first kappa shape index (κ1) is 18.1. The molecule has 4 atom stereocenters. The molecule has 26 heavy (non-hydrogen) atoms. The molecule has 0 saturated carbocycles. The fraction of sp³-hybridized carbons (Fsp3) is 0.421. The molecule has 7 heteroatoms. The topological polar surface area (TPSA) is 88.1 Å². The van der Waals surface area contributed by atoms with Crippen molar-refractivity contribution in [2.45, 2.75) is 38.3 Å². The molecule has 2 bridgehead atoms. The van der Waals surface area contributed by atoms with Crippen molar-refractivity contribution in [2.75, 3.05) is 7.11 Å². The van der Waals surface area contributed by atoms with Crippen LogP contribution in [0.3, 0.4) is 0 Å². The van der Waals surface area contributed by atoms with Gasteiger partial charge in [-0.3, -0.25) is 9.59 Å². The van der Waals surface area contributed by atoms with Crippen molar-refractivity contribution < 1.29 is 33.3 Å². The average molecular weight is 360 g/mol. The maximum Gasteiger partial charge on any atom is 0.346 e. The van der Waals surface area contributed by atoms with Crippen LogP contribution in [0.25, 0.3) is 0 Å². The lowest BCUT2D eigenvalue weighted by atomic mass is 9.73. The van der Waals surface area contributed by atoms with E-state index in [0.717, 1.165) is 5.56 Å². The Hall–Kier alpha value is -2.67. The number of hydrogen-bond donors (Lipinski definition) is 0. The van der Waals surface area contributed by atoms with E-state index in [1.165, 1.54) is 20.1 Å². The average Bonchev–Trinajstić information content (AvgIpc) is 2.66. The zero-order chi connectivity index (χ0) is 18.7. The quantitative estimate of drug-likeness (QED) is 0.329. The highest BCUT2D eigenvalue weighted by molar-refractivity contribution is 6.05. The second kappa shape index (κ2) is 7.29. The van der Waals surface area contributed by atoms with Gasteiger partial charge in [-0.05, 0) is 18.6 Å². The Labute approximate surface area is 150 Å². The molecule has 0 unspecified atom stereocenters. The molecule has 7 nitrogen and oxygen atoms in total. The highest BCUT2D eigenvalue weighted by atomic mass is 16.6. The third-order valence-electron chi connectivity index (χ3n) is 4.57. The smallest absolute Gasteiger partial charge is 0.346 e. The van der Waals surface area contributed by atoms with Crippen LogP contribution in [0.2, 0.25) is 0 Å². The van der Waals surface area contributed by atoms with Crippen molar-refractivity contribution in [3.05, 3.63) is 48.0 Å². The van der Waals surface area contributed by atoms with Crippen molar-refractivity contribution in [2.24, 2.45) is 5.41 Å². The number of rotatable bonds is 6. The molecular formula is C19H20O7. The molecule has 0 amide bonds. The zero-order valence-electron chi connectivity index (χ0n) is 14.5. The predicted octanol–water partition coefficient (Wildman–Crippen LogP) is 1.55. The molecule has 1 aromatic carbocycles. The molecule has 1 aliphatic carbocycles. The number of carbonyl (C=O) groups is 3. The van der Waals surface area contributed by atoms with Crippen LogP contribution in [0.15, 0.2) is 42.5 Å². The van der Waals surface area contributed by atoms with Crippen molar-refractivity contribution in [1.82, 2.24) is 0 Å². The highest BCUT2D eigenvalue weighted by Gasteiger charge is 2.60. The first-order valence-corrected chi connectivity index (χ1v) is 8.32. The van der Waals surface area contributed by atoms with Gasteiger partial charge in [0.2, 0.25) is 5.41 Å².